The molecule has 248 valence electrons. The molecule has 1 unspecified atom stereocenters. The van der Waals surface area contributed by atoms with Crippen molar-refractivity contribution in [2.24, 2.45) is 11.8 Å². The summed E-state index contributed by atoms with van der Waals surface area (Å²) in [7, 11) is -3.96. The molecule has 12 heteroatoms. The minimum atomic E-state index is -3.96. The first-order chi connectivity index (χ1) is 21.7. The van der Waals surface area contributed by atoms with Crippen molar-refractivity contribution in [1.29, 1.82) is 0 Å². The highest BCUT2D eigenvalue weighted by Gasteiger charge is 2.47. The van der Waals surface area contributed by atoms with Gasteiger partial charge in [0, 0.05) is 41.5 Å². The molecule has 46 heavy (non-hydrogen) atoms. The Hall–Kier alpha value is -3.48. The van der Waals surface area contributed by atoms with Crippen LogP contribution in [0.4, 0.5) is 15.3 Å². The van der Waals surface area contributed by atoms with Crippen molar-refractivity contribution >= 4 is 39.2 Å². The number of hydrogen-bond donors (Lipinski definition) is 4. The zero-order valence-electron chi connectivity index (χ0n) is 27.2. The number of carbonyl (C=O) groups is 2. The number of hydrogen-bond acceptors (Lipinski definition) is 7. The molecule has 3 fully saturated rings. The highest BCUT2D eigenvalue weighted by atomic mass is 32.2. The highest BCUT2D eigenvalue weighted by molar-refractivity contribution is 7.89. The molecular formula is C34H45N5O5S2. The maximum Gasteiger partial charge on any atom is 0.407 e. The fourth-order valence-electron chi connectivity index (χ4n) is 6.60. The van der Waals surface area contributed by atoms with Crippen LogP contribution in [0.1, 0.15) is 77.3 Å². The molecule has 0 radical (unpaired) electrons. The average molecular weight is 668 g/mol. The molecule has 2 bridgehead atoms. The Kier molecular flexibility index (Phi) is 10.1. The lowest BCUT2D eigenvalue weighted by Crippen LogP contribution is -2.57. The van der Waals surface area contributed by atoms with Crippen molar-refractivity contribution in [2.45, 2.75) is 102 Å². The van der Waals surface area contributed by atoms with Crippen LogP contribution < -0.4 is 20.7 Å². The maximum absolute atomic E-state index is 13.7. The van der Waals surface area contributed by atoms with E-state index in [4.69, 9.17) is 9.72 Å². The van der Waals surface area contributed by atoms with Gasteiger partial charge >= 0.3 is 12.1 Å². The number of fused-ring (bicyclic) bond motifs is 3. The maximum atomic E-state index is 13.7. The molecule has 0 saturated heterocycles. The third kappa shape index (κ3) is 8.65. The first-order valence-electron chi connectivity index (χ1n) is 15.9. The molecule has 3 aliphatic carbocycles. The molecule has 2 aromatic carbocycles. The predicted octanol–water partition coefficient (Wildman–Crippen LogP) is 6.83. The number of alkyl carbamates (subject to hydrolysis) is 1. The van der Waals surface area contributed by atoms with E-state index in [1.165, 1.54) is 17.4 Å². The van der Waals surface area contributed by atoms with Gasteiger partial charge < -0.3 is 20.7 Å². The number of sulfonamides is 1. The van der Waals surface area contributed by atoms with Gasteiger partial charge in [0.1, 0.15) is 0 Å². The van der Waals surface area contributed by atoms with E-state index in [1.807, 2.05) is 44.2 Å². The van der Waals surface area contributed by atoms with E-state index in [2.05, 4.69) is 20.7 Å². The molecule has 1 heterocycles. The number of thiazole rings is 1. The number of aromatic nitrogens is 1. The molecule has 3 amide bonds. The lowest BCUT2D eigenvalue weighted by molar-refractivity contribution is 0.0361. The number of rotatable bonds is 10. The fourth-order valence-corrected chi connectivity index (χ4v) is 9.38. The number of benzene rings is 2. The van der Waals surface area contributed by atoms with Crippen molar-refractivity contribution in [3.63, 3.8) is 0 Å². The van der Waals surface area contributed by atoms with Crippen molar-refractivity contribution < 1.29 is 22.7 Å². The molecule has 4 N–H and O–H groups in total. The highest BCUT2D eigenvalue weighted by Crippen LogP contribution is 2.49. The summed E-state index contributed by atoms with van der Waals surface area (Å²) in [6, 6.07) is 14.0. The summed E-state index contributed by atoms with van der Waals surface area (Å²) in [5, 5.41) is 9.71. The van der Waals surface area contributed by atoms with E-state index in [0.717, 1.165) is 54.0 Å². The lowest BCUT2D eigenvalue weighted by Gasteiger charge is -2.51. The van der Waals surface area contributed by atoms with Crippen LogP contribution in [0, 0.1) is 11.8 Å². The van der Waals surface area contributed by atoms with Crippen molar-refractivity contribution in [3.8, 4) is 10.4 Å². The minimum absolute atomic E-state index is 0.0713. The molecule has 3 saturated carbocycles. The smallest absolute Gasteiger partial charge is 0.407 e. The van der Waals surface area contributed by atoms with E-state index in [0.29, 0.717) is 29.6 Å². The largest absolute Gasteiger partial charge is 0.447 e. The second kappa shape index (κ2) is 13.7. The van der Waals surface area contributed by atoms with Crippen LogP contribution in [0.3, 0.4) is 0 Å². The number of carbonyl (C=O) groups excluding carboxylic acids is 2. The van der Waals surface area contributed by atoms with Gasteiger partial charge in [0.15, 0.2) is 0 Å². The van der Waals surface area contributed by atoms with Gasteiger partial charge in [0.2, 0.25) is 10.0 Å². The number of amides is 3. The summed E-state index contributed by atoms with van der Waals surface area (Å²) in [6.07, 6.45) is 6.88. The molecule has 0 spiro atoms. The van der Waals surface area contributed by atoms with Gasteiger partial charge in [-0.05, 0) is 96.3 Å². The predicted molar refractivity (Wildman–Crippen MR) is 181 cm³/mol. The zero-order chi connectivity index (χ0) is 33.1. The van der Waals surface area contributed by atoms with Crippen molar-refractivity contribution in [3.05, 3.63) is 65.3 Å². The number of nitrogens with one attached hydrogen (secondary N) is 4. The van der Waals surface area contributed by atoms with Crippen LogP contribution in [-0.2, 0) is 27.7 Å². The Morgan fingerprint density at radius 3 is 2.48 bits per heavy atom. The molecule has 6 rings (SSSR count). The topological polar surface area (TPSA) is 139 Å². The second-order valence-corrected chi connectivity index (χ2v) is 16.6. The van der Waals surface area contributed by atoms with Crippen LogP contribution in [0.2, 0.25) is 0 Å². The summed E-state index contributed by atoms with van der Waals surface area (Å²) in [6.45, 7) is 9.40. The Morgan fingerprint density at radius 1 is 1.09 bits per heavy atom. The van der Waals surface area contributed by atoms with Crippen LogP contribution in [0.15, 0.2) is 59.6 Å². The van der Waals surface area contributed by atoms with Gasteiger partial charge in [0.05, 0.1) is 20.9 Å². The molecule has 0 aliphatic heterocycles. The molecule has 3 aliphatic rings. The number of ether oxygens (including phenoxy) is 1. The van der Waals surface area contributed by atoms with E-state index < -0.39 is 21.6 Å². The van der Waals surface area contributed by atoms with Gasteiger partial charge in [-0.25, -0.2) is 27.7 Å². The van der Waals surface area contributed by atoms with E-state index in [1.54, 1.807) is 39.1 Å². The Balaban J connectivity index is 1.34. The quantitative estimate of drug-likeness (QED) is 0.187. The van der Waals surface area contributed by atoms with Gasteiger partial charge in [0.25, 0.3) is 0 Å². The summed E-state index contributed by atoms with van der Waals surface area (Å²) in [4.78, 5) is 30.7. The van der Waals surface area contributed by atoms with Crippen LogP contribution in [0.25, 0.3) is 10.4 Å². The van der Waals surface area contributed by atoms with Gasteiger partial charge in [-0.1, -0.05) is 36.4 Å². The van der Waals surface area contributed by atoms with Gasteiger partial charge in [-0.2, -0.15) is 0 Å². The van der Waals surface area contributed by atoms with E-state index >= 15 is 0 Å². The zero-order valence-corrected chi connectivity index (χ0v) is 28.8. The molecule has 1 aromatic heterocycles. The summed E-state index contributed by atoms with van der Waals surface area (Å²) < 4.78 is 35.5. The van der Waals surface area contributed by atoms with Crippen molar-refractivity contribution in [2.75, 3.05) is 5.32 Å². The Labute approximate surface area is 276 Å². The molecule has 10 nitrogen and oxygen atoms in total. The normalized spacial score (nSPS) is 21.2. The lowest BCUT2D eigenvalue weighted by atomic mass is 9.60. The number of nitrogens with zero attached hydrogens (tertiary/aromatic N) is 1. The molecular weight excluding hydrogens is 623 g/mol. The van der Waals surface area contributed by atoms with Crippen LogP contribution in [0.5, 0.6) is 0 Å². The number of urea groups is 1. The SMILES string of the molecule is CC(C)OC(=O)NC12CCC(CC1)C(Cc1ncc(-c3ccc(NC(=O)NCc4ccccc4)cc3S(=O)(=O)NC(C)(C)C)s1)C2. The van der Waals surface area contributed by atoms with Gasteiger partial charge in [-0.15, -0.1) is 11.3 Å². The minimum Gasteiger partial charge on any atom is -0.447 e. The standard InChI is InChI=1S/C34H45N5O5S2/c1-22(2)44-32(41)38-34-15-13-24(14-16-34)25(19-34)17-30-35-21-28(45-30)27-12-11-26(18-29(27)46(42,43)39-33(3,4)5)37-31(40)36-20-23-9-7-6-8-10-23/h6-12,18,21-22,24-25,39H,13-17,19-20H2,1-5H3,(H,38,41)(H2,36,37,40). The average Bonchev–Trinajstić information content (AvgIpc) is 3.43. The van der Waals surface area contributed by atoms with E-state index in [9.17, 15) is 18.0 Å². The third-order valence-corrected chi connectivity index (χ3v) is 11.4. The Bertz CT molecular complexity index is 1640. The van der Waals surface area contributed by atoms with E-state index in [-0.39, 0.29) is 22.6 Å². The first kappa shape index (κ1) is 33.9. The first-order valence-corrected chi connectivity index (χ1v) is 18.2. The van der Waals surface area contributed by atoms with Crippen LogP contribution in [-0.4, -0.2) is 42.7 Å². The fraction of sp³-hybridized carbons (Fsp3) is 0.500. The van der Waals surface area contributed by atoms with Crippen molar-refractivity contribution in [1.82, 2.24) is 20.3 Å². The summed E-state index contributed by atoms with van der Waals surface area (Å²) >= 11 is 1.49. The van der Waals surface area contributed by atoms with Gasteiger partial charge in [-0.3, -0.25) is 0 Å². The Morgan fingerprint density at radius 2 is 1.80 bits per heavy atom. The molecule has 3 aromatic rings. The summed E-state index contributed by atoms with van der Waals surface area (Å²) in [5.74, 6) is 0.940. The molecule has 1 atom stereocenters. The van der Waals surface area contributed by atoms with Crippen LogP contribution >= 0.6 is 11.3 Å². The monoisotopic (exact) mass is 667 g/mol. The third-order valence-electron chi connectivity index (χ3n) is 8.54. The second-order valence-electron chi connectivity index (χ2n) is 13.8. The summed E-state index contributed by atoms with van der Waals surface area (Å²) in [5.41, 5.74) is 0.877. The number of anilines is 1.